The van der Waals surface area contributed by atoms with Gasteiger partial charge in [-0.05, 0) is 33.6 Å². The molecule has 0 saturated carbocycles. The molecule has 1 atom stereocenters. The van der Waals surface area contributed by atoms with Gasteiger partial charge in [0, 0.05) is 18.4 Å². The van der Waals surface area contributed by atoms with Crippen LogP contribution in [0.25, 0.3) is 0 Å². The molecule has 0 radical (unpaired) electrons. The lowest BCUT2D eigenvalue weighted by Crippen LogP contribution is -2.48. The van der Waals surface area contributed by atoms with Crippen molar-refractivity contribution in [1.82, 2.24) is 10.6 Å². The van der Waals surface area contributed by atoms with Crippen molar-refractivity contribution in [2.45, 2.75) is 59.9 Å². The SMILES string of the molecule is CC(=O)COCCOCCNC(=O)CC[C@@H](NC(=O)C(C)(C)CC(C)(C)C(=O)O)C(=O)O. The van der Waals surface area contributed by atoms with Crippen molar-refractivity contribution in [3.63, 3.8) is 0 Å². The van der Waals surface area contributed by atoms with Gasteiger partial charge in [0.2, 0.25) is 11.8 Å². The van der Waals surface area contributed by atoms with Gasteiger partial charge >= 0.3 is 11.9 Å². The summed E-state index contributed by atoms with van der Waals surface area (Å²) in [5.41, 5.74) is -2.29. The van der Waals surface area contributed by atoms with Gasteiger partial charge in [0.05, 0.1) is 25.2 Å². The number of amides is 2. The summed E-state index contributed by atoms with van der Waals surface area (Å²) in [6, 6.07) is -1.28. The minimum Gasteiger partial charge on any atom is -0.481 e. The largest absolute Gasteiger partial charge is 0.481 e. The highest BCUT2D eigenvalue weighted by atomic mass is 16.5. The summed E-state index contributed by atoms with van der Waals surface area (Å²) in [5, 5.41) is 23.6. The van der Waals surface area contributed by atoms with Gasteiger partial charge in [0.15, 0.2) is 5.78 Å². The van der Waals surface area contributed by atoms with E-state index in [2.05, 4.69) is 10.6 Å². The molecule has 0 bridgehead atoms. The van der Waals surface area contributed by atoms with Crippen LogP contribution in [0.5, 0.6) is 0 Å². The third-order valence-electron chi connectivity index (χ3n) is 4.59. The summed E-state index contributed by atoms with van der Waals surface area (Å²) >= 11 is 0. The molecule has 0 aliphatic carbocycles. The van der Waals surface area contributed by atoms with Crippen molar-refractivity contribution in [2.24, 2.45) is 10.8 Å². The molecule has 4 N–H and O–H groups in total. The monoisotopic (exact) mass is 460 g/mol. The normalized spacial score (nSPS) is 12.7. The number of hydrogen-bond acceptors (Lipinski definition) is 7. The van der Waals surface area contributed by atoms with E-state index in [0.717, 1.165) is 0 Å². The molecule has 0 aliphatic heterocycles. The molecule has 0 aromatic rings. The van der Waals surface area contributed by atoms with Gasteiger partial charge in [-0.15, -0.1) is 0 Å². The lowest BCUT2D eigenvalue weighted by Gasteiger charge is -2.32. The second-order valence-electron chi connectivity index (χ2n) is 8.87. The Hall–Kier alpha value is -2.53. The zero-order chi connectivity index (χ0) is 24.9. The molecular formula is C21H36N2O9. The molecule has 0 aromatic heterocycles. The molecule has 2 amide bonds. The first-order chi connectivity index (χ1) is 14.7. The van der Waals surface area contributed by atoms with Crippen LogP contribution in [-0.4, -0.2) is 78.8 Å². The number of Topliss-reactive ketones (excluding diaryl/α,β-unsaturated/α-hetero) is 1. The zero-order valence-corrected chi connectivity index (χ0v) is 19.5. The van der Waals surface area contributed by atoms with Crippen molar-refractivity contribution in [1.29, 1.82) is 0 Å². The first-order valence-electron chi connectivity index (χ1n) is 10.4. The molecular weight excluding hydrogens is 424 g/mol. The Morgan fingerprint density at radius 1 is 0.906 bits per heavy atom. The minimum absolute atomic E-state index is 0.00772. The van der Waals surface area contributed by atoms with E-state index in [1.165, 1.54) is 20.8 Å². The molecule has 11 heteroatoms. The molecule has 0 fully saturated rings. The lowest BCUT2D eigenvalue weighted by molar-refractivity contribution is -0.151. The van der Waals surface area contributed by atoms with Crippen LogP contribution in [0.2, 0.25) is 0 Å². The van der Waals surface area contributed by atoms with Gasteiger partial charge in [-0.2, -0.15) is 0 Å². The van der Waals surface area contributed by atoms with E-state index in [1.54, 1.807) is 13.8 Å². The minimum atomic E-state index is -1.28. The maximum absolute atomic E-state index is 12.6. The summed E-state index contributed by atoms with van der Waals surface area (Å²) < 4.78 is 10.3. The molecule has 0 aromatic carbocycles. The molecule has 0 heterocycles. The van der Waals surface area contributed by atoms with E-state index in [-0.39, 0.29) is 58.0 Å². The smallest absolute Gasteiger partial charge is 0.326 e. The van der Waals surface area contributed by atoms with Crippen LogP contribution < -0.4 is 10.6 Å². The van der Waals surface area contributed by atoms with Crippen LogP contribution >= 0.6 is 0 Å². The number of carboxylic acid groups (broad SMARTS) is 2. The fourth-order valence-corrected chi connectivity index (χ4v) is 2.93. The summed E-state index contributed by atoms with van der Waals surface area (Å²) in [6.45, 7) is 8.48. The first kappa shape index (κ1) is 29.5. The summed E-state index contributed by atoms with van der Waals surface area (Å²) in [6.07, 6.45) is -0.237. The van der Waals surface area contributed by atoms with Crippen LogP contribution in [0, 0.1) is 10.8 Å². The number of aliphatic carboxylic acids is 2. The lowest BCUT2D eigenvalue weighted by atomic mass is 9.74. The third kappa shape index (κ3) is 12.4. The van der Waals surface area contributed by atoms with Crippen molar-refractivity contribution in [2.75, 3.05) is 33.0 Å². The van der Waals surface area contributed by atoms with Crippen LogP contribution in [0.4, 0.5) is 0 Å². The topological polar surface area (TPSA) is 168 Å². The molecule has 0 spiro atoms. The third-order valence-corrected chi connectivity index (χ3v) is 4.59. The Labute approximate surface area is 188 Å². The summed E-state index contributed by atoms with van der Waals surface area (Å²) in [4.78, 5) is 58.0. The highest BCUT2D eigenvalue weighted by molar-refractivity contribution is 5.88. The Kier molecular flexibility index (Phi) is 12.7. The molecule has 0 unspecified atom stereocenters. The van der Waals surface area contributed by atoms with Gasteiger partial charge in [-0.25, -0.2) is 4.79 Å². The number of carboxylic acids is 2. The number of carbonyl (C=O) groups excluding carboxylic acids is 3. The van der Waals surface area contributed by atoms with Crippen molar-refractivity contribution in [3.05, 3.63) is 0 Å². The quantitative estimate of drug-likeness (QED) is 0.227. The number of ether oxygens (including phenoxy) is 2. The molecule has 11 nitrogen and oxygen atoms in total. The number of carbonyl (C=O) groups is 5. The molecule has 32 heavy (non-hydrogen) atoms. The predicted molar refractivity (Wildman–Crippen MR) is 114 cm³/mol. The maximum Gasteiger partial charge on any atom is 0.326 e. The predicted octanol–water partition coefficient (Wildman–Crippen LogP) is 0.602. The summed E-state index contributed by atoms with van der Waals surface area (Å²) in [5.74, 6) is -3.42. The number of nitrogens with one attached hydrogen (secondary N) is 2. The van der Waals surface area contributed by atoms with Gasteiger partial charge in [-0.1, -0.05) is 13.8 Å². The highest BCUT2D eigenvalue weighted by Gasteiger charge is 2.40. The Bertz CT molecular complexity index is 674. The Morgan fingerprint density at radius 3 is 2.03 bits per heavy atom. The van der Waals surface area contributed by atoms with Crippen molar-refractivity contribution < 1.29 is 43.7 Å². The molecule has 0 saturated heterocycles. The first-order valence-corrected chi connectivity index (χ1v) is 10.4. The number of ketones is 1. The van der Waals surface area contributed by atoms with Crippen LogP contribution in [0.3, 0.4) is 0 Å². The van der Waals surface area contributed by atoms with Crippen LogP contribution in [0.1, 0.15) is 53.9 Å². The average Bonchev–Trinajstić information content (AvgIpc) is 2.65. The van der Waals surface area contributed by atoms with E-state index in [9.17, 15) is 34.2 Å². The van der Waals surface area contributed by atoms with Gasteiger partial charge in [-0.3, -0.25) is 19.2 Å². The standard InChI is InChI=1S/C21H36N2O9/c1-14(24)12-32-11-10-31-9-8-22-16(25)7-6-15(17(26)27)23-18(28)20(2,3)13-21(4,5)19(29)30/h15H,6-13H2,1-5H3,(H,22,25)(H,23,28)(H,26,27)(H,29,30)/t15-/m1/s1. The Morgan fingerprint density at radius 2 is 1.50 bits per heavy atom. The van der Waals surface area contributed by atoms with Crippen LogP contribution in [0.15, 0.2) is 0 Å². The van der Waals surface area contributed by atoms with Crippen molar-refractivity contribution >= 4 is 29.5 Å². The van der Waals surface area contributed by atoms with E-state index < -0.39 is 40.6 Å². The fourth-order valence-electron chi connectivity index (χ4n) is 2.93. The molecule has 0 rings (SSSR count). The molecule has 184 valence electrons. The van der Waals surface area contributed by atoms with E-state index in [0.29, 0.717) is 0 Å². The highest BCUT2D eigenvalue weighted by Crippen LogP contribution is 2.34. The average molecular weight is 461 g/mol. The van der Waals surface area contributed by atoms with Crippen LogP contribution in [-0.2, 0) is 33.4 Å². The van der Waals surface area contributed by atoms with E-state index in [1.807, 2.05) is 0 Å². The van der Waals surface area contributed by atoms with Gasteiger partial charge in [0.25, 0.3) is 0 Å². The maximum atomic E-state index is 12.6. The Balaban J connectivity index is 4.39. The van der Waals surface area contributed by atoms with E-state index >= 15 is 0 Å². The second-order valence-corrected chi connectivity index (χ2v) is 8.87. The number of rotatable bonds is 17. The van der Waals surface area contributed by atoms with E-state index in [4.69, 9.17) is 9.47 Å². The summed E-state index contributed by atoms with van der Waals surface area (Å²) in [7, 11) is 0. The second kappa shape index (κ2) is 13.8. The van der Waals surface area contributed by atoms with Crippen molar-refractivity contribution in [3.8, 4) is 0 Å². The van der Waals surface area contributed by atoms with Gasteiger partial charge < -0.3 is 30.3 Å². The number of hydrogen-bond donors (Lipinski definition) is 4. The van der Waals surface area contributed by atoms with Gasteiger partial charge in [0.1, 0.15) is 12.6 Å². The zero-order valence-electron chi connectivity index (χ0n) is 19.5. The molecule has 0 aliphatic rings. The fraction of sp³-hybridized carbons (Fsp3) is 0.762.